The van der Waals surface area contributed by atoms with E-state index in [1.807, 2.05) is 48.6 Å². The van der Waals surface area contributed by atoms with Gasteiger partial charge in [-0.15, -0.1) is 0 Å². The molecule has 4 atom stereocenters. The minimum absolute atomic E-state index is 0.144. The molecule has 2 aromatic carbocycles. The molecular weight excluding hydrogens is 496 g/mol. The molecule has 8 nitrogen and oxygen atoms in total. The van der Waals surface area contributed by atoms with Crippen LogP contribution in [-0.2, 0) is 25.6 Å². The quantitative estimate of drug-likeness (QED) is 0.382. The van der Waals surface area contributed by atoms with Gasteiger partial charge in [-0.3, -0.25) is 9.59 Å². The molecule has 4 aliphatic carbocycles. The van der Waals surface area contributed by atoms with Crippen LogP contribution < -0.4 is 10.6 Å². The summed E-state index contributed by atoms with van der Waals surface area (Å²) in [6.07, 6.45) is 9.47. The molecule has 0 saturated carbocycles. The van der Waals surface area contributed by atoms with Crippen molar-refractivity contribution in [3.63, 3.8) is 0 Å². The average molecular weight is 523 g/mol. The summed E-state index contributed by atoms with van der Waals surface area (Å²) in [6, 6.07) is 14.8. The van der Waals surface area contributed by atoms with Crippen LogP contribution in [0.1, 0.15) is 24.0 Å². The molecule has 0 spiro atoms. The van der Waals surface area contributed by atoms with Crippen molar-refractivity contribution in [2.45, 2.75) is 19.3 Å². The van der Waals surface area contributed by atoms with Gasteiger partial charge in [0, 0.05) is 46.2 Å². The fraction of sp³-hybridized carbons (Fsp3) is 0.226. The summed E-state index contributed by atoms with van der Waals surface area (Å²) in [5.74, 6) is -3.49. The zero-order valence-corrected chi connectivity index (χ0v) is 20.9. The molecule has 196 valence electrons. The van der Waals surface area contributed by atoms with Crippen molar-refractivity contribution in [3.8, 4) is 0 Å². The number of allylic oxidation sites excluding steroid dienone is 4. The highest BCUT2D eigenvalue weighted by atomic mass is 16.4. The molecule has 6 rings (SSSR count). The van der Waals surface area contributed by atoms with Crippen LogP contribution in [0.4, 0.5) is 11.4 Å². The summed E-state index contributed by atoms with van der Waals surface area (Å²) in [5.41, 5.74) is 4.31. The molecule has 0 fully saturated rings. The molecule has 0 heterocycles. The normalized spacial score (nSPS) is 24.0. The van der Waals surface area contributed by atoms with Crippen LogP contribution >= 0.6 is 0 Å². The molecular formula is C31H26N2O6. The lowest BCUT2D eigenvalue weighted by molar-refractivity contribution is -0.134. The highest BCUT2D eigenvalue weighted by molar-refractivity contribution is 6.11. The van der Waals surface area contributed by atoms with Gasteiger partial charge in [0.1, 0.15) is 0 Å². The number of benzene rings is 2. The van der Waals surface area contributed by atoms with Crippen molar-refractivity contribution < 1.29 is 29.4 Å². The zero-order chi connectivity index (χ0) is 27.3. The maximum absolute atomic E-state index is 12.8. The number of carbonyl (C=O) groups excluding carboxylic acids is 2. The van der Waals surface area contributed by atoms with E-state index in [1.54, 1.807) is 24.3 Å². The fourth-order valence-corrected chi connectivity index (χ4v) is 6.23. The Balaban J connectivity index is 1.07. The minimum Gasteiger partial charge on any atom is -0.478 e. The van der Waals surface area contributed by atoms with Crippen molar-refractivity contribution in [2.24, 2.45) is 23.7 Å². The molecule has 39 heavy (non-hydrogen) atoms. The maximum atomic E-state index is 12.8. The molecule has 8 heteroatoms. The Morgan fingerprint density at radius 1 is 0.564 bits per heavy atom. The van der Waals surface area contributed by atoms with Crippen molar-refractivity contribution in [1.82, 2.24) is 0 Å². The first kappa shape index (κ1) is 24.6. The predicted molar refractivity (Wildman–Crippen MR) is 144 cm³/mol. The number of carboxylic acids is 2. The summed E-state index contributed by atoms with van der Waals surface area (Å²) in [7, 11) is 0. The van der Waals surface area contributed by atoms with Crippen LogP contribution in [0.2, 0.25) is 0 Å². The lowest BCUT2D eigenvalue weighted by Gasteiger charge is -2.14. The Kier molecular flexibility index (Phi) is 6.02. The number of aliphatic carboxylic acids is 2. The first-order chi connectivity index (χ1) is 18.8. The van der Waals surface area contributed by atoms with Gasteiger partial charge in [-0.05, 0) is 54.7 Å². The third-order valence-electron chi connectivity index (χ3n) is 8.01. The number of anilines is 2. The average Bonchev–Trinajstić information content (AvgIpc) is 3.71. The number of carboxylic acid groups (broad SMARTS) is 2. The Labute approximate surface area is 224 Å². The van der Waals surface area contributed by atoms with Gasteiger partial charge in [0.05, 0.1) is 11.1 Å². The maximum Gasteiger partial charge on any atom is 0.332 e. The topological polar surface area (TPSA) is 133 Å². The van der Waals surface area contributed by atoms with Gasteiger partial charge in [-0.2, -0.15) is 0 Å². The number of carbonyl (C=O) groups is 4. The van der Waals surface area contributed by atoms with Crippen LogP contribution in [0.25, 0.3) is 0 Å². The van der Waals surface area contributed by atoms with E-state index in [2.05, 4.69) is 10.6 Å². The smallest absolute Gasteiger partial charge is 0.332 e. The van der Waals surface area contributed by atoms with E-state index in [0.29, 0.717) is 41.8 Å². The Hall–Kier alpha value is -4.72. The summed E-state index contributed by atoms with van der Waals surface area (Å²) in [4.78, 5) is 49.0. The number of amides is 2. The van der Waals surface area contributed by atoms with E-state index in [4.69, 9.17) is 0 Å². The van der Waals surface area contributed by atoms with Crippen molar-refractivity contribution in [2.75, 3.05) is 10.6 Å². The standard InChI is InChI=1S/C31H26N2O6/c34-28(24-18-5-7-20(14-18)26(24)30(36)37)32-22-9-1-16(2-10-22)13-17-3-11-23(12-4-17)33-29(35)25-19-6-8-21(15-19)27(25)31(38)39/h1-12,18-21H,13-15H2,(H,32,34)(H,33,35)(H,36,37)(H,38,39). The van der Waals surface area contributed by atoms with E-state index in [-0.39, 0.29) is 46.6 Å². The minimum atomic E-state index is -1.04. The first-order valence-electron chi connectivity index (χ1n) is 12.9. The molecule has 4 aliphatic rings. The summed E-state index contributed by atoms with van der Waals surface area (Å²) >= 11 is 0. The second-order valence-corrected chi connectivity index (χ2v) is 10.4. The lowest BCUT2D eigenvalue weighted by atomic mass is 9.96. The van der Waals surface area contributed by atoms with Gasteiger partial charge >= 0.3 is 11.9 Å². The van der Waals surface area contributed by atoms with E-state index >= 15 is 0 Å². The molecule has 0 aliphatic heterocycles. The van der Waals surface area contributed by atoms with Gasteiger partial charge in [-0.1, -0.05) is 48.6 Å². The van der Waals surface area contributed by atoms with Gasteiger partial charge in [-0.25, -0.2) is 9.59 Å². The van der Waals surface area contributed by atoms with E-state index < -0.39 is 11.9 Å². The van der Waals surface area contributed by atoms with Crippen LogP contribution in [-0.4, -0.2) is 34.0 Å². The zero-order valence-electron chi connectivity index (χ0n) is 20.9. The molecule has 0 aromatic heterocycles. The molecule has 0 radical (unpaired) electrons. The third-order valence-corrected chi connectivity index (χ3v) is 8.01. The third kappa shape index (κ3) is 4.48. The van der Waals surface area contributed by atoms with Gasteiger partial charge in [0.25, 0.3) is 11.8 Å². The van der Waals surface area contributed by atoms with E-state index in [0.717, 1.165) is 11.1 Å². The summed E-state index contributed by atoms with van der Waals surface area (Å²) in [5, 5.41) is 24.8. The summed E-state index contributed by atoms with van der Waals surface area (Å²) in [6.45, 7) is 0. The summed E-state index contributed by atoms with van der Waals surface area (Å²) < 4.78 is 0. The Morgan fingerprint density at radius 3 is 1.23 bits per heavy atom. The van der Waals surface area contributed by atoms with Gasteiger partial charge < -0.3 is 20.8 Å². The number of hydrogen-bond acceptors (Lipinski definition) is 4. The van der Waals surface area contributed by atoms with Crippen LogP contribution in [0.5, 0.6) is 0 Å². The molecule has 0 saturated heterocycles. The molecule has 4 N–H and O–H groups in total. The molecule has 4 unspecified atom stereocenters. The number of nitrogens with one attached hydrogen (secondary N) is 2. The Bertz CT molecular complexity index is 1410. The molecule has 4 bridgehead atoms. The van der Waals surface area contributed by atoms with E-state index in [1.165, 1.54) is 0 Å². The van der Waals surface area contributed by atoms with Gasteiger partial charge in [0.15, 0.2) is 0 Å². The van der Waals surface area contributed by atoms with Crippen molar-refractivity contribution in [3.05, 3.63) is 106 Å². The fourth-order valence-electron chi connectivity index (χ4n) is 6.23. The number of fused-ring (bicyclic) bond motifs is 4. The first-order valence-corrected chi connectivity index (χ1v) is 12.9. The van der Waals surface area contributed by atoms with Gasteiger partial charge in [0.2, 0.25) is 0 Å². The SMILES string of the molecule is O=C(O)C1=C(C(=O)Nc2ccc(Cc3ccc(NC(=O)C4=C(C(=O)O)C5C=CC4C5)cc3)cc2)C2C=CC1C2. The largest absolute Gasteiger partial charge is 0.478 e. The lowest BCUT2D eigenvalue weighted by Crippen LogP contribution is -2.21. The van der Waals surface area contributed by atoms with Crippen LogP contribution in [0.15, 0.2) is 95.1 Å². The highest BCUT2D eigenvalue weighted by Gasteiger charge is 2.42. The van der Waals surface area contributed by atoms with Crippen molar-refractivity contribution >= 4 is 35.1 Å². The van der Waals surface area contributed by atoms with Crippen molar-refractivity contribution in [1.29, 1.82) is 0 Å². The van der Waals surface area contributed by atoms with Crippen LogP contribution in [0, 0.1) is 23.7 Å². The van der Waals surface area contributed by atoms with E-state index in [9.17, 15) is 29.4 Å². The molecule has 2 aromatic rings. The van der Waals surface area contributed by atoms with Crippen LogP contribution in [0.3, 0.4) is 0 Å². The monoisotopic (exact) mass is 522 g/mol. The Morgan fingerprint density at radius 2 is 0.897 bits per heavy atom. The second kappa shape index (κ2) is 9.54. The number of rotatable bonds is 8. The highest BCUT2D eigenvalue weighted by Crippen LogP contribution is 2.45. The predicted octanol–water partition coefficient (Wildman–Crippen LogP) is 4.33. The molecule has 2 amide bonds. The second-order valence-electron chi connectivity index (χ2n) is 10.4. The number of hydrogen-bond donors (Lipinski definition) is 4.